The van der Waals surface area contributed by atoms with E-state index in [9.17, 15) is 29.1 Å². The van der Waals surface area contributed by atoms with E-state index in [2.05, 4.69) is 33.6 Å². The SMILES string of the molecule is NCCCCC(N)C(=O)NC(CS)C(=O)NC(Cc1c[nH]c2ccccc12)C(=O)NC(CC(N)=O)C(=O)O. The number of amides is 4. The Labute approximate surface area is 225 Å². The zero-order chi connectivity index (χ0) is 28.2. The second-order valence-electron chi connectivity index (χ2n) is 8.83. The first-order valence-corrected chi connectivity index (χ1v) is 12.7. The molecule has 0 aliphatic carbocycles. The lowest BCUT2D eigenvalue weighted by Crippen LogP contribution is -2.58. The zero-order valence-corrected chi connectivity index (χ0v) is 21.7. The highest BCUT2D eigenvalue weighted by atomic mass is 32.1. The van der Waals surface area contributed by atoms with Gasteiger partial charge in [0, 0.05) is 29.3 Å². The van der Waals surface area contributed by atoms with Crippen molar-refractivity contribution >= 4 is 53.1 Å². The van der Waals surface area contributed by atoms with Crippen molar-refractivity contribution in [3.63, 3.8) is 0 Å². The van der Waals surface area contributed by atoms with E-state index in [1.807, 2.05) is 24.3 Å². The highest BCUT2D eigenvalue weighted by molar-refractivity contribution is 7.80. The maximum Gasteiger partial charge on any atom is 0.326 e. The molecule has 0 spiro atoms. The number of carboxylic acid groups (broad SMARTS) is 1. The highest BCUT2D eigenvalue weighted by Crippen LogP contribution is 2.19. The van der Waals surface area contributed by atoms with Gasteiger partial charge >= 0.3 is 5.97 Å². The third kappa shape index (κ3) is 9.04. The number of fused-ring (bicyclic) bond motifs is 1. The molecule has 4 amide bonds. The number of rotatable bonds is 16. The lowest BCUT2D eigenvalue weighted by atomic mass is 10.0. The van der Waals surface area contributed by atoms with Gasteiger partial charge in [-0.05, 0) is 31.0 Å². The van der Waals surface area contributed by atoms with E-state index in [1.54, 1.807) is 6.20 Å². The van der Waals surface area contributed by atoms with Crippen molar-refractivity contribution in [3.05, 3.63) is 36.0 Å². The maximum atomic E-state index is 13.1. The average Bonchev–Trinajstić information content (AvgIpc) is 3.28. The molecular formula is C24H35N7O6S. The Morgan fingerprint density at radius 1 is 0.947 bits per heavy atom. The molecule has 14 heteroatoms. The number of carbonyl (C=O) groups excluding carboxylic acids is 4. The molecule has 2 rings (SSSR count). The molecule has 0 saturated heterocycles. The van der Waals surface area contributed by atoms with Crippen LogP contribution in [0, 0.1) is 0 Å². The Morgan fingerprint density at radius 2 is 1.58 bits per heavy atom. The quantitative estimate of drug-likeness (QED) is 0.0881. The van der Waals surface area contributed by atoms with Crippen LogP contribution in [0.15, 0.2) is 30.5 Å². The smallest absolute Gasteiger partial charge is 0.326 e. The number of nitrogens with two attached hydrogens (primary N) is 3. The topological polar surface area (TPSA) is 236 Å². The molecule has 0 radical (unpaired) electrons. The van der Waals surface area contributed by atoms with Crippen LogP contribution >= 0.6 is 12.6 Å². The summed E-state index contributed by atoms with van der Waals surface area (Å²) in [6.07, 6.45) is 2.75. The molecule has 13 nitrogen and oxygen atoms in total. The van der Waals surface area contributed by atoms with Gasteiger partial charge in [-0.3, -0.25) is 19.2 Å². The first kappa shape index (κ1) is 30.6. The van der Waals surface area contributed by atoms with E-state index in [0.29, 0.717) is 31.4 Å². The van der Waals surface area contributed by atoms with Crippen LogP contribution in [-0.4, -0.2) is 76.2 Å². The molecule has 38 heavy (non-hydrogen) atoms. The third-order valence-corrected chi connectivity index (χ3v) is 6.24. The molecule has 11 N–H and O–H groups in total. The molecular weight excluding hydrogens is 514 g/mol. The summed E-state index contributed by atoms with van der Waals surface area (Å²) in [5.74, 6) is -4.59. The van der Waals surface area contributed by atoms with Gasteiger partial charge in [-0.25, -0.2) is 4.79 Å². The van der Waals surface area contributed by atoms with Crippen LogP contribution in [0.4, 0.5) is 0 Å². The standard InChI is InChI=1S/C24H35N7O6S/c25-8-4-3-6-15(26)21(33)31-19(12-38)23(35)29-17(22(34)30-18(24(36)37)10-20(27)32)9-13-11-28-16-7-2-1-5-14(13)16/h1-2,5,7,11,15,17-19,28,38H,3-4,6,8-10,12,25-26H2,(H2,27,32)(H,29,35)(H,30,34)(H,31,33)(H,36,37). The molecule has 0 fully saturated rings. The first-order valence-electron chi connectivity index (χ1n) is 12.1. The highest BCUT2D eigenvalue weighted by Gasteiger charge is 2.31. The van der Waals surface area contributed by atoms with E-state index in [-0.39, 0.29) is 12.2 Å². The number of para-hydroxylation sites is 1. The fourth-order valence-corrected chi connectivity index (χ4v) is 4.05. The summed E-state index contributed by atoms with van der Waals surface area (Å²) < 4.78 is 0. The third-order valence-electron chi connectivity index (χ3n) is 5.87. The van der Waals surface area contributed by atoms with Crippen molar-refractivity contribution in [3.8, 4) is 0 Å². The molecule has 4 unspecified atom stereocenters. The Balaban J connectivity index is 2.22. The Kier molecular flexibility index (Phi) is 12.0. The lowest BCUT2D eigenvalue weighted by molar-refractivity contribution is -0.143. The Hall–Kier alpha value is -3.62. The molecule has 1 aromatic carbocycles. The summed E-state index contributed by atoms with van der Waals surface area (Å²) in [7, 11) is 0. The van der Waals surface area contributed by atoms with Gasteiger partial charge in [0.15, 0.2) is 0 Å². The molecule has 0 saturated carbocycles. The number of aromatic nitrogens is 1. The minimum Gasteiger partial charge on any atom is -0.480 e. The first-order chi connectivity index (χ1) is 18.1. The maximum absolute atomic E-state index is 13.1. The van der Waals surface area contributed by atoms with Gasteiger partial charge in [0.2, 0.25) is 23.6 Å². The lowest BCUT2D eigenvalue weighted by Gasteiger charge is -2.24. The normalized spacial score (nSPS) is 14.2. The van der Waals surface area contributed by atoms with Gasteiger partial charge in [-0.2, -0.15) is 12.6 Å². The zero-order valence-electron chi connectivity index (χ0n) is 20.8. The van der Waals surface area contributed by atoms with Crippen molar-refractivity contribution in [2.45, 2.75) is 56.3 Å². The number of thiol groups is 1. The van der Waals surface area contributed by atoms with Gasteiger partial charge in [-0.1, -0.05) is 24.6 Å². The number of benzene rings is 1. The molecule has 0 bridgehead atoms. The summed E-state index contributed by atoms with van der Waals surface area (Å²) in [6.45, 7) is 0.470. The van der Waals surface area contributed by atoms with E-state index in [1.165, 1.54) is 0 Å². The number of carboxylic acids is 1. The molecule has 1 heterocycles. The molecule has 0 aliphatic rings. The van der Waals surface area contributed by atoms with Crippen molar-refractivity contribution < 1.29 is 29.1 Å². The number of hydrogen-bond acceptors (Lipinski definition) is 8. The van der Waals surface area contributed by atoms with Gasteiger partial charge in [0.25, 0.3) is 0 Å². The summed E-state index contributed by atoms with van der Waals surface area (Å²) in [4.78, 5) is 64.6. The van der Waals surface area contributed by atoms with E-state index in [4.69, 9.17) is 17.2 Å². The monoisotopic (exact) mass is 549 g/mol. The predicted molar refractivity (Wildman–Crippen MR) is 144 cm³/mol. The number of aromatic amines is 1. The average molecular weight is 550 g/mol. The summed E-state index contributed by atoms with van der Waals surface area (Å²) in [5, 5.41) is 17.6. The fourth-order valence-electron chi connectivity index (χ4n) is 3.79. The van der Waals surface area contributed by atoms with Crippen LogP contribution in [0.3, 0.4) is 0 Å². The van der Waals surface area contributed by atoms with Gasteiger partial charge in [0.05, 0.1) is 12.5 Å². The molecule has 4 atom stereocenters. The largest absolute Gasteiger partial charge is 0.480 e. The molecule has 208 valence electrons. The molecule has 2 aromatic rings. The van der Waals surface area contributed by atoms with Crippen LogP contribution in [0.1, 0.15) is 31.2 Å². The van der Waals surface area contributed by atoms with Crippen LogP contribution in [0.2, 0.25) is 0 Å². The number of carbonyl (C=O) groups is 5. The second-order valence-corrected chi connectivity index (χ2v) is 9.19. The fraction of sp³-hybridized carbons (Fsp3) is 0.458. The number of hydrogen-bond donors (Lipinski definition) is 9. The van der Waals surface area contributed by atoms with Crippen molar-refractivity contribution in [1.29, 1.82) is 0 Å². The summed E-state index contributed by atoms with van der Waals surface area (Å²) in [6, 6.07) is 2.48. The number of primary amides is 1. The van der Waals surface area contributed by atoms with E-state index >= 15 is 0 Å². The number of H-pyrrole nitrogens is 1. The van der Waals surface area contributed by atoms with E-state index in [0.717, 1.165) is 10.9 Å². The van der Waals surface area contributed by atoms with Gasteiger partial charge in [-0.15, -0.1) is 0 Å². The summed E-state index contributed by atoms with van der Waals surface area (Å²) in [5.41, 5.74) is 18.0. The van der Waals surface area contributed by atoms with E-state index < -0.39 is 60.2 Å². The Bertz CT molecular complexity index is 1140. The van der Waals surface area contributed by atoms with Crippen molar-refractivity contribution in [2.24, 2.45) is 17.2 Å². The number of aliphatic carboxylic acids is 1. The van der Waals surface area contributed by atoms with Crippen LogP contribution in [0.5, 0.6) is 0 Å². The Morgan fingerprint density at radius 3 is 2.21 bits per heavy atom. The van der Waals surface area contributed by atoms with Crippen LogP contribution < -0.4 is 33.2 Å². The number of nitrogens with one attached hydrogen (secondary N) is 4. The van der Waals surface area contributed by atoms with Crippen LogP contribution in [0.25, 0.3) is 10.9 Å². The van der Waals surface area contributed by atoms with Crippen molar-refractivity contribution in [2.75, 3.05) is 12.3 Å². The molecule has 1 aromatic heterocycles. The van der Waals surface area contributed by atoms with Crippen molar-refractivity contribution in [1.82, 2.24) is 20.9 Å². The van der Waals surface area contributed by atoms with Gasteiger partial charge in [0.1, 0.15) is 18.1 Å². The molecule has 0 aliphatic heterocycles. The minimum absolute atomic E-state index is 0.0175. The predicted octanol–water partition coefficient (Wildman–Crippen LogP) is -1.49. The second kappa shape index (κ2) is 15.0. The summed E-state index contributed by atoms with van der Waals surface area (Å²) >= 11 is 4.15. The number of unbranched alkanes of at least 4 members (excludes halogenated alkanes) is 1. The van der Waals surface area contributed by atoms with Crippen LogP contribution in [-0.2, 0) is 30.4 Å². The van der Waals surface area contributed by atoms with Gasteiger partial charge < -0.3 is 43.2 Å². The minimum atomic E-state index is -1.59.